The van der Waals surface area contributed by atoms with E-state index in [-0.39, 0.29) is 11.9 Å². The van der Waals surface area contributed by atoms with Crippen molar-refractivity contribution in [2.45, 2.75) is 12.5 Å². The summed E-state index contributed by atoms with van der Waals surface area (Å²) in [5.41, 5.74) is 0.933. The van der Waals surface area contributed by atoms with Gasteiger partial charge in [-0.1, -0.05) is 35.3 Å². The van der Waals surface area contributed by atoms with Gasteiger partial charge in [-0.2, -0.15) is 0 Å². The molecular weight excluding hydrogens is 287 g/mol. The molecule has 2 N–H and O–H groups in total. The van der Waals surface area contributed by atoms with E-state index in [1.54, 1.807) is 6.07 Å². The summed E-state index contributed by atoms with van der Waals surface area (Å²) in [7, 11) is 0. The predicted octanol–water partition coefficient (Wildman–Crippen LogP) is 1.64. The lowest BCUT2D eigenvalue weighted by Gasteiger charge is -2.22. The zero-order valence-electron chi connectivity index (χ0n) is 10.4. The molecule has 0 bridgehead atoms. The molecule has 1 unspecified atom stereocenters. The monoisotopic (exact) mass is 302 g/mol. The standard InChI is InChI=1S/C13H16Cl2N2O2/c14-10-3-1-2-9(12(10)15)4-5-17-13(18)11-8-19-7-6-16-11/h1-3,11,16H,4-8H2,(H,17,18). The van der Waals surface area contributed by atoms with Crippen LogP contribution in [0.2, 0.25) is 10.0 Å². The van der Waals surface area contributed by atoms with Crippen molar-refractivity contribution in [1.82, 2.24) is 10.6 Å². The van der Waals surface area contributed by atoms with E-state index in [2.05, 4.69) is 10.6 Å². The maximum atomic E-state index is 11.8. The van der Waals surface area contributed by atoms with Gasteiger partial charge in [-0.3, -0.25) is 4.79 Å². The summed E-state index contributed by atoms with van der Waals surface area (Å²) in [6, 6.07) is 5.24. The average Bonchev–Trinajstić information content (AvgIpc) is 2.44. The topological polar surface area (TPSA) is 50.4 Å². The maximum Gasteiger partial charge on any atom is 0.239 e. The van der Waals surface area contributed by atoms with Crippen LogP contribution in [0.4, 0.5) is 0 Å². The van der Waals surface area contributed by atoms with Gasteiger partial charge < -0.3 is 15.4 Å². The molecule has 0 saturated carbocycles. The highest BCUT2D eigenvalue weighted by Gasteiger charge is 2.20. The van der Waals surface area contributed by atoms with Crippen molar-refractivity contribution in [3.63, 3.8) is 0 Å². The number of nitrogens with one attached hydrogen (secondary N) is 2. The number of rotatable bonds is 4. The average molecular weight is 303 g/mol. The molecule has 1 fully saturated rings. The fourth-order valence-corrected chi connectivity index (χ4v) is 2.33. The third kappa shape index (κ3) is 4.08. The number of hydrogen-bond donors (Lipinski definition) is 2. The van der Waals surface area contributed by atoms with Crippen LogP contribution < -0.4 is 10.6 Å². The molecule has 0 aromatic heterocycles. The molecule has 1 aliphatic rings. The number of hydrogen-bond acceptors (Lipinski definition) is 3. The van der Waals surface area contributed by atoms with Crippen molar-refractivity contribution in [2.75, 3.05) is 26.3 Å². The van der Waals surface area contributed by atoms with E-state index in [9.17, 15) is 4.79 Å². The first kappa shape index (κ1) is 14.6. The van der Waals surface area contributed by atoms with Crippen molar-refractivity contribution < 1.29 is 9.53 Å². The second-order valence-corrected chi connectivity index (χ2v) is 5.12. The first-order valence-electron chi connectivity index (χ1n) is 6.20. The summed E-state index contributed by atoms with van der Waals surface area (Å²) in [4.78, 5) is 11.8. The Morgan fingerprint density at radius 1 is 1.47 bits per heavy atom. The second kappa shape index (κ2) is 7.10. The van der Waals surface area contributed by atoms with Gasteiger partial charge in [0.25, 0.3) is 0 Å². The molecule has 0 radical (unpaired) electrons. The molecule has 1 saturated heterocycles. The lowest BCUT2D eigenvalue weighted by Crippen LogP contribution is -2.51. The molecule has 1 aromatic rings. The Morgan fingerprint density at radius 2 is 2.32 bits per heavy atom. The van der Waals surface area contributed by atoms with Crippen molar-refractivity contribution in [3.8, 4) is 0 Å². The van der Waals surface area contributed by atoms with E-state index < -0.39 is 0 Å². The maximum absolute atomic E-state index is 11.8. The summed E-state index contributed by atoms with van der Waals surface area (Å²) < 4.78 is 5.24. The Balaban J connectivity index is 1.79. The first-order valence-corrected chi connectivity index (χ1v) is 6.96. The Morgan fingerprint density at radius 3 is 3.05 bits per heavy atom. The molecule has 2 rings (SSSR count). The third-order valence-electron chi connectivity index (χ3n) is 2.96. The van der Waals surface area contributed by atoms with Gasteiger partial charge in [0.05, 0.1) is 23.3 Å². The van der Waals surface area contributed by atoms with E-state index in [4.69, 9.17) is 27.9 Å². The molecule has 1 atom stereocenters. The van der Waals surface area contributed by atoms with E-state index in [1.165, 1.54) is 0 Å². The van der Waals surface area contributed by atoms with Gasteiger partial charge in [-0.15, -0.1) is 0 Å². The molecule has 1 heterocycles. The predicted molar refractivity (Wildman–Crippen MR) is 75.8 cm³/mol. The second-order valence-electron chi connectivity index (χ2n) is 4.34. The third-order valence-corrected chi connectivity index (χ3v) is 3.82. The number of halogens is 2. The van der Waals surface area contributed by atoms with E-state index in [1.807, 2.05) is 12.1 Å². The van der Waals surface area contributed by atoms with Crippen LogP contribution in [0.25, 0.3) is 0 Å². The summed E-state index contributed by atoms with van der Waals surface area (Å²) in [5, 5.41) is 7.06. The van der Waals surface area contributed by atoms with Gasteiger partial charge in [0.2, 0.25) is 5.91 Å². The van der Waals surface area contributed by atoms with Gasteiger partial charge >= 0.3 is 0 Å². The van der Waals surface area contributed by atoms with Crippen LogP contribution in [-0.2, 0) is 16.0 Å². The molecule has 104 valence electrons. The van der Waals surface area contributed by atoms with Gasteiger partial charge in [0, 0.05) is 13.1 Å². The van der Waals surface area contributed by atoms with E-state index >= 15 is 0 Å². The van der Waals surface area contributed by atoms with E-state index in [0.29, 0.717) is 42.8 Å². The highest BCUT2D eigenvalue weighted by Crippen LogP contribution is 2.25. The Labute approximate surface area is 122 Å². The van der Waals surface area contributed by atoms with Crippen molar-refractivity contribution in [3.05, 3.63) is 33.8 Å². The molecule has 1 aromatic carbocycles. The van der Waals surface area contributed by atoms with Crippen molar-refractivity contribution in [1.29, 1.82) is 0 Å². The van der Waals surface area contributed by atoms with E-state index in [0.717, 1.165) is 5.56 Å². The Bertz CT molecular complexity index is 448. The summed E-state index contributed by atoms with van der Waals surface area (Å²) in [6.07, 6.45) is 0.651. The molecule has 19 heavy (non-hydrogen) atoms. The van der Waals surface area contributed by atoms with Gasteiger partial charge in [-0.05, 0) is 18.1 Å². The zero-order chi connectivity index (χ0) is 13.7. The minimum absolute atomic E-state index is 0.0437. The van der Waals surface area contributed by atoms with Gasteiger partial charge in [-0.25, -0.2) is 0 Å². The molecule has 1 aliphatic heterocycles. The largest absolute Gasteiger partial charge is 0.378 e. The Hall–Kier alpha value is -0.810. The molecule has 0 spiro atoms. The molecule has 4 nitrogen and oxygen atoms in total. The van der Waals surface area contributed by atoms with Crippen molar-refractivity contribution in [2.24, 2.45) is 0 Å². The number of benzene rings is 1. The Kier molecular flexibility index (Phi) is 5.45. The fourth-order valence-electron chi connectivity index (χ4n) is 1.92. The number of carbonyl (C=O) groups is 1. The van der Waals surface area contributed by atoms with Crippen LogP contribution in [0.3, 0.4) is 0 Å². The molecule has 1 amide bonds. The summed E-state index contributed by atoms with van der Waals surface area (Å²) in [6.45, 7) is 2.31. The quantitative estimate of drug-likeness (QED) is 0.889. The summed E-state index contributed by atoms with van der Waals surface area (Å²) >= 11 is 12.0. The number of amides is 1. The minimum Gasteiger partial charge on any atom is -0.378 e. The number of carbonyl (C=O) groups excluding carboxylic acids is 1. The van der Waals surface area contributed by atoms with Crippen LogP contribution in [0.5, 0.6) is 0 Å². The van der Waals surface area contributed by atoms with Crippen LogP contribution >= 0.6 is 23.2 Å². The zero-order valence-corrected chi connectivity index (χ0v) is 11.9. The molecule has 0 aliphatic carbocycles. The molecular formula is C13H16Cl2N2O2. The van der Waals surface area contributed by atoms with Crippen LogP contribution in [0, 0.1) is 0 Å². The van der Waals surface area contributed by atoms with Crippen LogP contribution in [-0.4, -0.2) is 38.3 Å². The van der Waals surface area contributed by atoms with Gasteiger partial charge in [0.1, 0.15) is 6.04 Å². The fraction of sp³-hybridized carbons (Fsp3) is 0.462. The first-order chi connectivity index (χ1) is 9.18. The summed E-state index contributed by atoms with van der Waals surface area (Å²) in [5.74, 6) is -0.0437. The van der Waals surface area contributed by atoms with Crippen LogP contribution in [0.15, 0.2) is 18.2 Å². The number of morpholine rings is 1. The lowest BCUT2D eigenvalue weighted by molar-refractivity contribution is -0.125. The smallest absolute Gasteiger partial charge is 0.239 e. The van der Waals surface area contributed by atoms with Gasteiger partial charge in [0.15, 0.2) is 0 Å². The lowest BCUT2D eigenvalue weighted by atomic mass is 10.1. The normalized spacial score (nSPS) is 19.2. The minimum atomic E-state index is -0.261. The van der Waals surface area contributed by atoms with Crippen molar-refractivity contribution >= 4 is 29.1 Å². The number of ether oxygens (including phenoxy) is 1. The SMILES string of the molecule is O=C(NCCc1cccc(Cl)c1Cl)C1COCCN1. The van der Waals surface area contributed by atoms with Crippen LogP contribution in [0.1, 0.15) is 5.56 Å². The highest BCUT2D eigenvalue weighted by atomic mass is 35.5. The molecule has 6 heteroatoms. The highest BCUT2D eigenvalue weighted by molar-refractivity contribution is 6.42.